The number of esters is 1. The second-order valence-corrected chi connectivity index (χ2v) is 9.71. The van der Waals surface area contributed by atoms with Crippen molar-refractivity contribution in [2.24, 2.45) is 0 Å². The highest BCUT2D eigenvalue weighted by Crippen LogP contribution is 2.19. The van der Waals surface area contributed by atoms with E-state index < -0.39 is 5.97 Å². The maximum atomic E-state index is 12.9. The molecule has 1 aliphatic rings. The lowest BCUT2D eigenvalue weighted by Gasteiger charge is -2.32. The second-order valence-electron chi connectivity index (χ2n) is 9.71. The number of anilines is 2. The Labute approximate surface area is 224 Å². The molecule has 1 aromatic carbocycles. The van der Waals surface area contributed by atoms with Gasteiger partial charge in [0.15, 0.2) is 0 Å². The summed E-state index contributed by atoms with van der Waals surface area (Å²) in [5.41, 5.74) is 6.26. The van der Waals surface area contributed by atoms with Gasteiger partial charge >= 0.3 is 5.97 Å². The standard InChI is InChI=1S/C29H36N6O3/c1-5-21-17-32-29(33-24-15-19(2)14-20(3)16-24)34-25(21)8-11-30-23-9-12-35(13-10-23)27(36)22-6-7-26(31-18-22)28(37)38-4/h6-7,14-18,23,30H,5,8-13H2,1-4H3,(H,32,33,34). The van der Waals surface area contributed by atoms with Gasteiger partial charge in [-0.2, -0.15) is 0 Å². The lowest BCUT2D eigenvalue weighted by molar-refractivity contribution is 0.0592. The highest BCUT2D eigenvalue weighted by atomic mass is 16.5. The lowest BCUT2D eigenvalue weighted by Crippen LogP contribution is -2.45. The maximum absolute atomic E-state index is 12.9. The number of benzene rings is 1. The SMILES string of the molecule is CCc1cnc(Nc2cc(C)cc(C)c2)nc1CCNC1CCN(C(=O)c2ccc(C(=O)OC)nc2)CC1. The molecule has 0 radical (unpaired) electrons. The summed E-state index contributed by atoms with van der Waals surface area (Å²) in [6.45, 7) is 8.44. The van der Waals surface area contributed by atoms with Crippen molar-refractivity contribution in [2.45, 2.75) is 52.5 Å². The molecule has 0 saturated carbocycles. The van der Waals surface area contributed by atoms with Crippen LogP contribution in [0.15, 0.2) is 42.7 Å². The van der Waals surface area contributed by atoms with Gasteiger partial charge in [-0.25, -0.2) is 19.7 Å². The number of carbonyl (C=O) groups is 2. The molecule has 0 aliphatic carbocycles. The first-order valence-corrected chi connectivity index (χ1v) is 13.1. The van der Waals surface area contributed by atoms with Gasteiger partial charge < -0.3 is 20.3 Å². The molecule has 1 aliphatic heterocycles. The number of nitrogens with zero attached hydrogens (tertiary/aromatic N) is 4. The minimum Gasteiger partial charge on any atom is -0.464 e. The number of hydrogen-bond acceptors (Lipinski definition) is 8. The number of nitrogens with one attached hydrogen (secondary N) is 2. The third-order valence-electron chi connectivity index (χ3n) is 6.79. The van der Waals surface area contributed by atoms with Gasteiger partial charge in [-0.15, -0.1) is 0 Å². The molecule has 0 atom stereocenters. The van der Waals surface area contributed by atoms with Gasteiger partial charge in [-0.3, -0.25) is 4.79 Å². The lowest BCUT2D eigenvalue weighted by atomic mass is 10.0. The number of rotatable bonds is 9. The number of aryl methyl sites for hydroxylation is 3. The molecule has 1 fully saturated rings. The maximum Gasteiger partial charge on any atom is 0.356 e. The fourth-order valence-corrected chi connectivity index (χ4v) is 4.80. The number of piperidine rings is 1. The predicted molar refractivity (Wildman–Crippen MR) is 147 cm³/mol. The molecule has 4 rings (SSSR count). The Balaban J connectivity index is 1.27. The molecule has 1 saturated heterocycles. The van der Waals surface area contributed by atoms with Crippen LogP contribution in [0.2, 0.25) is 0 Å². The zero-order valence-electron chi connectivity index (χ0n) is 22.6. The van der Waals surface area contributed by atoms with Crippen LogP contribution in [0.3, 0.4) is 0 Å². The van der Waals surface area contributed by atoms with E-state index in [1.807, 2.05) is 11.1 Å². The molecule has 1 amide bonds. The highest BCUT2D eigenvalue weighted by molar-refractivity contribution is 5.95. The van der Waals surface area contributed by atoms with Crippen LogP contribution < -0.4 is 10.6 Å². The van der Waals surface area contributed by atoms with Crippen molar-refractivity contribution in [3.05, 3.63) is 76.4 Å². The number of aromatic nitrogens is 3. The van der Waals surface area contributed by atoms with Crippen LogP contribution in [0.5, 0.6) is 0 Å². The van der Waals surface area contributed by atoms with Crippen LogP contribution in [-0.2, 0) is 17.6 Å². The van der Waals surface area contributed by atoms with Gasteiger partial charge in [-0.1, -0.05) is 13.0 Å². The Hall–Kier alpha value is -3.85. The molecular formula is C29H36N6O3. The van der Waals surface area contributed by atoms with Gasteiger partial charge in [-0.05, 0) is 74.1 Å². The van der Waals surface area contributed by atoms with E-state index in [-0.39, 0.29) is 11.6 Å². The largest absolute Gasteiger partial charge is 0.464 e. The number of likely N-dealkylation sites (tertiary alicyclic amines) is 1. The Bertz CT molecular complexity index is 1250. The van der Waals surface area contributed by atoms with Crippen molar-refractivity contribution in [3.63, 3.8) is 0 Å². The monoisotopic (exact) mass is 516 g/mol. The molecule has 38 heavy (non-hydrogen) atoms. The third-order valence-corrected chi connectivity index (χ3v) is 6.79. The summed E-state index contributed by atoms with van der Waals surface area (Å²) in [5.74, 6) is 0.0330. The van der Waals surface area contributed by atoms with E-state index in [1.54, 1.807) is 6.07 Å². The number of pyridine rings is 1. The van der Waals surface area contributed by atoms with Crippen molar-refractivity contribution in [1.29, 1.82) is 0 Å². The zero-order valence-corrected chi connectivity index (χ0v) is 22.6. The van der Waals surface area contributed by atoms with E-state index in [4.69, 9.17) is 4.98 Å². The fraction of sp³-hybridized carbons (Fsp3) is 0.414. The van der Waals surface area contributed by atoms with Gasteiger partial charge in [0.25, 0.3) is 5.91 Å². The smallest absolute Gasteiger partial charge is 0.356 e. The quantitative estimate of drug-likeness (QED) is 0.411. The van der Waals surface area contributed by atoms with Crippen LogP contribution >= 0.6 is 0 Å². The van der Waals surface area contributed by atoms with Crippen molar-refractivity contribution in [2.75, 3.05) is 32.1 Å². The second kappa shape index (κ2) is 12.6. The zero-order chi connectivity index (χ0) is 27.1. The van der Waals surface area contributed by atoms with Gasteiger partial charge in [0.05, 0.1) is 18.4 Å². The van der Waals surface area contributed by atoms with Crippen LogP contribution in [0, 0.1) is 13.8 Å². The Morgan fingerprint density at radius 2 is 1.79 bits per heavy atom. The Morgan fingerprint density at radius 3 is 2.42 bits per heavy atom. The van der Waals surface area contributed by atoms with Crippen molar-refractivity contribution in [1.82, 2.24) is 25.2 Å². The predicted octanol–water partition coefficient (Wildman–Crippen LogP) is 4.02. The highest BCUT2D eigenvalue weighted by Gasteiger charge is 2.24. The molecule has 3 aromatic rings. The van der Waals surface area contributed by atoms with E-state index in [1.165, 1.54) is 30.5 Å². The van der Waals surface area contributed by atoms with Crippen LogP contribution in [0.1, 0.15) is 63.0 Å². The van der Waals surface area contributed by atoms with Gasteiger partial charge in [0, 0.05) is 50.2 Å². The number of amides is 1. The number of hydrogen-bond donors (Lipinski definition) is 2. The summed E-state index contributed by atoms with van der Waals surface area (Å²) in [5, 5.41) is 7.00. The summed E-state index contributed by atoms with van der Waals surface area (Å²) < 4.78 is 4.66. The molecule has 0 unspecified atom stereocenters. The van der Waals surface area contributed by atoms with Crippen LogP contribution in [0.25, 0.3) is 0 Å². The van der Waals surface area contributed by atoms with E-state index in [9.17, 15) is 9.59 Å². The third kappa shape index (κ3) is 6.92. The van der Waals surface area contributed by atoms with Crippen molar-refractivity contribution < 1.29 is 14.3 Å². The molecule has 9 heteroatoms. The average Bonchev–Trinajstić information content (AvgIpc) is 2.92. The topological polar surface area (TPSA) is 109 Å². The summed E-state index contributed by atoms with van der Waals surface area (Å²) >= 11 is 0. The van der Waals surface area contributed by atoms with E-state index >= 15 is 0 Å². The summed E-state index contributed by atoms with van der Waals surface area (Å²) in [6.07, 6.45) is 6.81. The minimum atomic E-state index is -0.516. The first kappa shape index (κ1) is 27.2. The van der Waals surface area contributed by atoms with E-state index in [0.29, 0.717) is 30.6 Å². The molecule has 0 bridgehead atoms. The summed E-state index contributed by atoms with van der Waals surface area (Å²) in [6, 6.07) is 9.83. The fourth-order valence-electron chi connectivity index (χ4n) is 4.80. The number of methoxy groups -OCH3 is 1. The molecule has 0 spiro atoms. The molecule has 2 N–H and O–H groups in total. The van der Waals surface area contributed by atoms with Gasteiger partial charge in [0.1, 0.15) is 5.69 Å². The average molecular weight is 517 g/mol. The minimum absolute atomic E-state index is 0.0650. The molecule has 200 valence electrons. The summed E-state index contributed by atoms with van der Waals surface area (Å²) in [4.78, 5) is 39.7. The number of ether oxygens (including phenoxy) is 1. The number of carbonyl (C=O) groups excluding carboxylic acids is 2. The first-order valence-electron chi connectivity index (χ1n) is 13.1. The van der Waals surface area contributed by atoms with Gasteiger partial charge in [0.2, 0.25) is 5.95 Å². The Morgan fingerprint density at radius 1 is 1.05 bits per heavy atom. The molecule has 2 aromatic heterocycles. The van der Waals surface area contributed by atoms with Crippen molar-refractivity contribution >= 4 is 23.5 Å². The van der Waals surface area contributed by atoms with Crippen LogP contribution in [0.4, 0.5) is 11.6 Å². The normalized spacial score (nSPS) is 13.8. The van der Waals surface area contributed by atoms with Crippen LogP contribution in [-0.4, -0.2) is 64.5 Å². The molecular weight excluding hydrogens is 480 g/mol. The summed E-state index contributed by atoms with van der Waals surface area (Å²) in [7, 11) is 1.30. The van der Waals surface area contributed by atoms with Crippen molar-refractivity contribution in [3.8, 4) is 0 Å². The van der Waals surface area contributed by atoms with E-state index in [2.05, 4.69) is 64.3 Å². The molecule has 3 heterocycles. The first-order chi connectivity index (χ1) is 18.4. The van der Waals surface area contributed by atoms with E-state index in [0.717, 1.165) is 49.2 Å². The Kier molecular flexibility index (Phi) is 9.02. The molecule has 9 nitrogen and oxygen atoms in total.